The molecular weight excluding hydrogens is 335 g/mol. The van der Waals surface area contributed by atoms with E-state index in [1.807, 2.05) is 6.92 Å². The third-order valence-electron chi connectivity index (χ3n) is 4.43. The number of benzene rings is 1. The van der Waals surface area contributed by atoms with E-state index in [0.717, 1.165) is 17.3 Å². The van der Waals surface area contributed by atoms with Crippen LogP contribution < -0.4 is 15.2 Å². The van der Waals surface area contributed by atoms with Gasteiger partial charge in [0.25, 0.3) is 5.56 Å². The van der Waals surface area contributed by atoms with Gasteiger partial charge in [-0.05, 0) is 31.0 Å². The van der Waals surface area contributed by atoms with Crippen molar-refractivity contribution >= 4 is 5.69 Å². The standard InChI is InChI=1S/C17H18F3N3O2/c1-11-7-8-22(11)14-9-21-23(16(24)15(14)17(18,19)20)10-12-3-5-13(25-2)6-4-12/h3-6,9,11H,7-8,10H2,1-2H3/t11-/m1/s1. The van der Waals surface area contributed by atoms with E-state index < -0.39 is 17.3 Å². The normalized spacial score (nSPS) is 17.3. The number of nitrogens with zero attached hydrogens (tertiary/aromatic N) is 3. The summed E-state index contributed by atoms with van der Waals surface area (Å²) in [6, 6.07) is 6.71. The summed E-state index contributed by atoms with van der Waals surface area (Å²) in [5.74, 6) is 0.627. The molecule has 5 nitrogen and oxygen atoms in total. The van der Waals surface area contributed by atoms with Crippen molar-refractivity contribution in [1.29, 1.82) is 0 Å². The van der Waals surface area contributed by atoms with Crippen molar-refractivity contribution in [3.8, 4) is 5.75 Å². The molecule has 0 saturated carbocycles. The zero-order valence-corrected chi connectivity index (χ0v) is 13.9. The molecular formula is C17H18F3N3O2. The molecule has 134 valence electrons. The highest BCUT2D eigenvalue weighted by molar-refractivity contribution is 5.55. The van der Waals surface area contributed by atoms with Gasteiger partial charge < -0.3 is 9.64 Å². The van der Waals surface area contributed by atoms with Crippen LogP contribution in [0.1, 0.15) is 24.5 Å². The zero-order valence-electron chi connectivity index (χ0n) is 13.9. The van der Waals surface area contributed by atoms with Gasteiger partial charge in [-0.3, -0.25) is 4.79 Å². The van der Waals surface area contributed by atoms with Gasteiger partial charge in [-0.2, -0.15) is 18.3 Å². The second kappa shape index (κ2) is 6.42. The Morgan fingerprint density at radius 1 is 1.28 bits per heavy atom. The first kappa shape index (κ1) is 17.3. The maximum atomic E-state index is 13.5. The van der Waals surface area contributed by atoms with E-state index in [2.05, 4.69) is 5.10 Å². The van der Waals surface area contributed by atoms with E-state index >= 15 is 0 Å². The van der Waals surface area contributed by atoms with Gasteiger partial charge in [0.05, 0.1) is 25.5 Å². The van der Waals surface area contributed by atoms with E-state index in [-0.39, 0.29) is 18.3 Å². The van der Waals surface area contributed by atoms with E-state index in [9.17, 15) is 18.0 Å². The Bertz CT molecular complexity index is 815. The van der Waals surface area contributed by atoms with Crippen molar-refractivity contribution in [3.63, 3.8) is 0 Å². The predicted molar refractivity (Wildman–Crippen MR) is 87.0 cm³/mol. The topological polar surface area (TPSA) is 47.4 Å². The molecule has 0 radical (unpaired) electrons. The summed E-state index contributed by atoms with van der Waals surface area (Å²) in [5, 5.41) is 3.96. The minimum atomic E-state index is -4.73. The lowest BCUT2D eigenvalue weighted by Crippen LogP contribution is -2.48. The van der Waals surface area contributed by atoms with Crippen LogP contribution in [0, 0.1) is 0 Å². The highest BCUT2D eigenvalue weighted by Gasteiger charge is 2.41. The molecule has 8 heteroatoms. The summed E-state index contributed by atoms with van der Waals surface area (Å²) in [6.07, 6.45) is -2.79. The minimum Gasteiger partial charge on any atom is -0.497 e. The monoisotopic (exact) mass is 353 g/mol. The Hall–Kier alpha value is -2.51. The molecule has 0 aliphatic carbocycles. The fourth-order valence-corrected chi connectivity index (χ4v) is 2.86. The molecule has 1 aliphatic rings. The van der Waals surface area contributed by atoms with Crippen LogP contribution in [0.25, 0.3) is 0 Å². The number of aromatic nitrogens is 2. The highest BCUT2D eigenvalue weighted by Crippen LogP contribution is 2.36. The zero-order chi connectivity index (χ0) is 18.2. The van der Waals surface area contributed by atoms with Crippen molar-refractivity contribution in [2.24, 2.45) is 0 Å². The van der Waals surface area contributed by atoms with E-state index in [1.165, 1.54) is 7.11 Å². The number of halogens is 3. The lowest BCUT2D eigenvalue weighted by atomic mass is 10.0. The second-order valence-corrected chi connectivity index (χ2v) is 6.04. The van der Waals surface area contributed by atoms with Crippen LogP contribution in [-0.2, 0) is 12.7 Å². The summed E-state index contributed by atoms with van der Waals surface area (Å²) in [6.45, 7) is 2.28. The lowest BCUT2D eigenvalue weighted by Gasteiger charge is -2.41. The molecule has 1 saturated heterocycles. The quantitative estimate of drug-likeness (QED) is 0.848. The molecule has 25 heavy (non-hydrogen) atoms. The molecule has 1 fully saturated rings. The highest BCUT2D eigenvalue weighted by atomic mass is 19.4. The van der Waals surface area contributed by atoms with Crippen molar-refractivity contribution in [1.82, 2.24) is 9.78 Å². The molecule has 0 spiro atoms. The molecule has 1 aliphatic heterocycles. The van der Waals surface area contributed by atoms with E-state index in [0.29, 0.717) is 17.9 Å². The molecule has 0 bridgehead atoms. The first-order valence-corrected chi connectivity index (χ1v) is 7.88. The molecule has 1 aromatic heterocycles. The summed E-state index contributed by atoms with van der Waals surface area (Å²) in [5.41, 5.74) is -1.75. The summed E-state index contributed by atoms with van der Waals surface area (Å²) >= 11 is 0. The maximum absolute atomic E-state index is 13.5. The van der Waals surface area contributed by atoms with Gasteiger partial charge in [-0.15, -0.1) is 0 Å². The lowest BCUT2D eigenvalue weighted by molar-refractivity contribution is -0.138. The average Bonchev–Trinajstić information content (AvgIpc) is 2.55. The van der Waals surface area contributed by atoms with Crippen LogP contribution >= 0.6 is 0 Å². The van der Waals surface area contributed by atoms with Gasteiger partial charge in [-0.25, -0.2) is 4.68 Å². The molecule has 2 heterocycles. The largest absolute Gasteiger partial charge is 0.497 e. The van der Waals surface area contributed by atoms with Crippen molar-refractivity contribution in [2.75, 3.05) is 18.6 Å². The number of ether oxygens (including phenoxy) is 1. The maximum Gasteiger partial charge on any atom is 0.423 e. The first-order valence-electron chi connectivity index (χ1n) is 7.88. The summed E-state index contributed by atoms with van der Waals surface area (Å²) in [4.78, 5) is 14.0. The smallest absolute Gasteiger partial charge is 0.423 e. The van der Waals surface area contributed by atoms with Crippen LogP contribution in [0.15, 0.2) is 35.3 Å². The third-order valence-corrected chi connectivity index (χ3v) is 4.43. The van der Waals surface area contributed by atoms with Gasteiger partial charge in [0.2, 0.25) is 0 Å². The van der Waals surface area contributed by atoms with Crippen molar-refractivity contribution in [2.45, 2.75) is 32.1 Å². The number of hydrogen-bond acceptors (Lipinski definition) is 4. The molecule has 0 amide bonds. The third kappa shape index (κ3) is 3.33. The van der Waals surface area contributed by atoms with Crippen LogP contribution in [0.4, 0.5) is 18.9 Å². The Morgan fingerprint density at radius 2 is 1.96 bits per heavy atom. The Labute approximate surface area is 142 Å². The number of alkyl halides is 3. The fourth-order valence-electron chi connectivity index (χ4n) is 2.86. The Balaban J connectivity index is 1.99. The Kier molecular flexibility index (Phi) is 4.45. The van der Waals surface area contributed by atoms with E-state index in [4.69, 9.17) is 4.74 Å². The molecule has 1 atom stereocenters. The summed E-state index contributed by atoms with van der Waals surface area (Å²) in [7, 11) is 1.52. The van der Waals surface area contributed by atoms with Gasteiger partial charge in [0.15, 0.2) is 0 Å². The number of anilines is 1. The molecule has 1 aromatic carbocycles. The van der Waals surface area contributed by atoms with Gasteiger partial charge >= 0.3 is 6.18 Å². The van der Waals surface area contributed by atoms with Crippen LogP contribution in [0.2, 0.25) is 0 Å². The van der Waals surface area contributed by atoms with Crippen molar-refractivity contribution in [3.05, 3.63) is 51.9 Å². The fraction of sp³-hybridized carbons (Fsp3) is 0.412. The minimum absolute atomic E-state index is 0.0280. The van der Waals surface area contributed by atoms with Gasteiger partial charge in [-0.1, -0.05) is 12.1 Å². The average molecular weight is 353 g/mol. The first-order chi connectivity index (χ1) is 11.8. The van der Waals surface area contributed by atoms with Crippen LogP contribution in [0.3, 0.4) is 0 Å². The number of rotatable bonds is 4. The number of hydrogen-bond donors (Lipinski definition) is 0. The van der Waals surface area contributed by atoms with E-state index in [1.54, 1.807) is 29.2 Å². The molecule has 2 aromatic rings. The molecule has 0 unspecified atom stereocenters. The number of methoxy groups -OCH3 is 1. The van der Waals surface area contributed by atoms with Crippen LogP contribution in [0.5, 0.6) is 5.75 Å². The molecule has 0 N–H and O–H groups in total. The summed E-state index contributed by atoms with van der Waals surface area (Å²) < 4.78 is 46.4. The Morgan fingerprint density at radius 3 is 2.44 bits per heavy atom. The van der Waals surface area contributed by atoms with Crippen molar-refractivity contribution < 1.29 is 17.9 Å². The van der Waals surface area contributed by atoms with Gasteiger partial charge in [0, 0.05) is 12.6 Å². The predicted octanol–water partition coefficient (Wildman–Crippen LogP) is 2.92. The van der Waals surface area contributed by atoms with Crippen LogP contribution in [-0.4, -0.2) is 29.5 Å². The SMILES string of the molecule is COc1ccc(Cn2ncc(N3CC[C@H]3C)c(C(F)(F)F)c2=O)cc1. The second-order valence-electron chi connectivity index (χ2n) is 6.04. The van der Waals surface area contributed by atoms with Gasteiger partial charge in [0.1, 0.15) is 11.3 Å². The molecule has 3 rings (SSSR count).